The molecule has 0 heterocycles. The quantitative estimate of drug-likeness (QED) is 0.632. The van der Waals surface area contributed by atoms with Crippen LogP contribution in [-0.4, -0.2) is 6.61 Å². The third kappa shape index (κ3) is 3.36. The van der Waals surface area contributed by atoms with Gasteiger partial charge < -0.3 is 4.74 Å². The van der Waals surface area contributed by atoms with Crippen molar-refractivity contribution in [3.63, 3.8) is 0 Å². The van der Waals surface area contributed by atoms with Crippen molar-refractivity contribution >= 4 is 27.5 Å². The predicted octanol–water partition coefficient (Wildman–Crippen LogP) is 5.79. The van der Waals surface area contributed by atoms with Crippen LogP contribution in [-0.2, 0) is 0 Å². The van der Waals surface area contributed by atoms with E-state index in [0.29, 0.717) is 6.61 Å². The van der Waals surface area contributed by atoms with E-state index in [9.17, 15) is 0 Å². The zero-order chi connectivity index (χ0) is 14.7. The minimum Gasteiger partial charge on any atom is -0.493 e. The molecule has 0 saturated heterocycles. The van der Waals surface area contributed by atoms with Crippen molar-refractivity contribution in [2.24, 2.45) is 0 Å². The highest BCUT2D eigenvalue weighted by Gasteiger charge is 2.14. The summed E-state index contributed by atoms with van der Waals surface area (Å²) in [5, 5.41) is -0.150. The van der Waals surface area contributed by atoms with Crippen LogP contribution in [0.25, 0.3) is 0 Å². The molecule has 20 heavy (non-hydrogen) atoms. The molecule has 0 aliphatic carbocycles. The summed E-state index contributed by atoms with van der Waals surface area (Å²) in [6.45, 7) is 6.81. The number of hydrogen-bond acceptors (Lipinski definition) is 1. The molecule has 2 aromatic rings. The van der Waals surface area contributed by atoms with Gasteiger partial charge in [0.05, 0.1) is 16.5 Å². The van der Waals surface area contributed by atoms with Crippen LogP contribution in [0.2, 0.25) is 0 Å². The Labute approximate surface area is 134 Å². The number of alkyl halides is 1. The zero-order valence-electron chi connectivity index (χ0n) is 11.9. The number of aryl methyl sites for hydroxylation is 2. The molecule has 0 bridgehead atoms. The van der Waals surface area contributed by atoms with Crippen molar-refractivity contribution in [3.8, 4) is 5.75 Å². The Hall–Kier alpha value is -0.990. The van der Waals surface area contributed by atoms with Crippen molar-refractivity contribution in [1.29, 1.82) is 0 Å². The van der Waals surface area contributed by atoms with Gasteiger partial charge in [-0.25, -0.2) is 0 Å². The third-order valence-corrected chi connectivity index (χ3v) is 4.35. The summed E-state index contributed by atoms with van der Waals surface area (Å²) in [6.07, 6.45) is 0. The maximum atomic E-state index is 6.63. The molecule has 0 aliphatic rings. The first-order valence-corrected chi connectivity index (χ1v) is 7.89. The first kappa shape index (κ1) is 15.4. The molecule has 1 unspecified atom stereocenters. The number of hydrogen-bond donors (Lipinski definition) is 0. The van der Waals surface area contributed by atoms with Gasteiger partial charge in [0.2, 0.25) is 0 Å². The second-order valence-corrected chi connectivity index (χ2v) is 6.14. The number of halogens is 2. The van der Waals surface area contributed by atoms with Gasteiger partial charge in [-0.3, -0.25) is 0 Å². The topological polar surface area (TPSA) is 9.23 Å². The van der Waals surface area contributed by atoms with E-state index in [1.807, 2.05) is 25.1 Å². The fourth-order valence-corrected chi connectivity index (χ4v) is 3.13. The van der Waals surface area contributed by atoms with E-state index < -0.39 is 0 Å². The minimum absolute atomic E-state index is 0.150. The van der Waals surface area contributed by atoms with E-state index >= 15 is 0 Å². The lowest BCUT2D eigenvalue weighted by molar-refractivity contribution is 0.338. The van der Waals surface area contributed by atoms with Gasteiger partial charge >= 0.3 is 0 Å². The van der Waals surface area contributed by atoms with Gasteiger partial charge in [-0.2, -0.15) is 0 Å². The molecular weight excluding hydrogens is 336 g/mol. The normalized spacial score (nSPS) is 12.2. The maximum Gasteiger partial charge on any atom is 0.133 e. The van der Waals surface area contributed by atoms with Gasteiger partial charge in [0.15, 0.2) is 0 Å². The fourth-order valence-electron chi connectivity index (χ4n) is 2.24. The molecule has 3 heteroatoms. The highest BCUT2D eigenvalue weighted by molar-refractivity contribution is 9.10. The first-order chi connectivity index (χ1) is 9.52. The molecule has 0 radical (unpaired) electrons. The average molecular weight is 354 g/mol. The standard InChI is InChI=1S/C17H18BrClO/c1-4-20-16-8-6-13(10-15(16)18)17(19)14-7-5-11(2)9-12(14)3/h5-10,17H,4H2,1-3H3. The summed E-state index contributed by atoms with van der Waals surface area (Å²) in [7, 11) is 0. The van der Waals surface area contributed by atoms with Crippen molar-refractivity contribution in [3.05, 3.63) is 63.1 Å². The van der Waals surface area contributed by atoms with Crippen LogP contribution >= 0.6 is 27.5 Å². The molecule has 0 aliphatic heterocycles. The third-order valence-electron chi connectivity index (χ3n) is 3.25. The van der Waals surface area contributed by atoms with Crippen LogP contribution in [0.4, 0.5) is 0 Å². The molecule has 1 nitrogen and oxygen atoms in total. The molecule has 0 N–H and O–H groups in total. The predicted molar refractivity (Wildman–Crippen MR) is 88.9 cm³/mol. The van der Waals surface area contributed by atoms with E-state index in [1.54, 1.807) is 0 Å². The van der Waals surface area contributed by atoms with Gasteiger partial charge in [-0.15, -0.1) is 11.6 Å². The fraction of sp³-hybridized carbons (Fsp3) is 0.294. The summed E-state index contributed by atoms with van der Waals surface area (Å²) in [5.74, 6) is 0.848. The van der Waals surface area contributed by atoms with Gasteiger partial charge in [0.1, 0.15) is 5.75 Å². The van der Waals surface area contributed by atoms with E-state index in [1.165, 1.54) is 11.1 Å². The summed E-state index contributed by atoms with van der Waals surface area (Å²) in [6, 6.07) is 12.4. The number of ether oxygens (including phenoxy) is 1. The molecule has 0 aromatic heterocycles. The van der Waals surface area contributed by atoms with Crippen LogP contribution in [0.5, 0.6) is 5.75 Å². The van der Waals surface area contributed by atoms with Crippen LogP contribution in [0.3, 0.4) is 0 Å². The smallest absolute Gasteiger partial charge is 0.133 e. The Balaban J connectivity index is 2.33. The van der Waals surface area contributed by atoms with Crippen LogP contribution in [0, 0.1) is 13.8 Å². The monoisotopic (exact) mass is 352 g/mol. The molecule has 0 fully saturated rings. The van der Waals surface area contributed by atoms with Gasteiger partial charge in [-0.05, 0) is 65.5 Å². The zero-order valence-corrected chi connectivity index (χ0v) is 14.3. The lowest BCUT2D eigenvalue weighted by Gasteiger charge is -2.15. The van der Waals surface area contributed by atoms with Crippen LogP contribution in [0.1, 0.15) is 34.6 Å². The highest BCUT2D eigenvalue weighted by atomic mass is 79.9. The Morgan fingerprint density at radius 2 is 1.90 bits per heavy atom. The van der Waals surface area contributed by atoms with Crippen LogP contribution in [0.15, 0.2) is 40.9 Å². The van der Waals surface area contributed by atoms with Crippen molar-refractivity contribution in [2.45, 2.75) is 26.1 Å². The Morgan fingerprint density at radius 1 is 1.15 bits per heavy atom. The Morgan fingerprint density at radius 3 is 2.50 bits per heavy atom. The summed E-state index contributed by atoms with van der Waals surface area (Å²) in [5.41, 5.74) is 4.68. The van der Waals surface area contributed by atoms with Gasteiger partial charge in [0.25, 0.3) is 0 Å². The molecule has 0 amide bonds. The number of rotatable bonds is 4. The molecule has 2 rings (SSSR count). The molecule has 1 atom stereocenters. The largest absolute Gasteiger partial charge is 0.493 e. The molecule has 106 valence electrons. The van der Waals surface area contributed by atoms with E-state index in [-0.39, 0.29) is 5.38 Å². The van der Waals surface area contributed by atoms with Gasteiger partial charge in [0, 0.05) is 0 Å². The molecule has 0 spiro atoms. The number of benzene rings is 2. The second kappa shape index (κ2) is 6.64. The second-order valence-electron chi connectivity index (χ2n) is 4.85. The maximum absolute atomic E-state index is 6.63. The van der Waals surface area contributed by atoms with Crippen molar-refractivity contribution < 1.29 is 4.74 Å². The van der Waals surface area contributed by atoms with E-state index in [0.717, 1.165) is 21.3 Å². The lowest BCUT2D eigenvalue weighted by Crippen LogP contribution is -1.98. The molecule has 2 aromatic carbocycles. The summed E-state index contributed by atoms with van der Waals surface area (Å²) < 4.78 is 6.46. The Kier molecular flexibility index (Phi) is 5.11. The summed E-state index contributed by atoms with van der Waals surface area (Å²) >= 11 is 10.2. The SMILES string of the molecule is CCOc1ccc(C(Cl)c2ccc(C)cc2C)cc1Br. The molecular formula is C17H18BrClO. The average Bonchev–Trinajstić information content (AvgIpc) is 2.40. The van der Waals surface area contributed by atoms with Crippen molar-refractivity contribution in [2.75, 3.05) is 6.61 Å². The lowest BCUT2D eigenvalue weighted by atomic mass is 9.98. The van der Waals surface area contributed by atoms with Crippen molar-refractivity contribution in [1.82, 2.24) is 0 Å². The van der Waals surface area contributed by atoms with E-state index in [4.69, 9.17) is 16.3 Å². The van der Waals surface area contributed by atoms with E-state index in [2.05, 4.69) is 48.0 Å². The highest BCUT2D eigenvalue weighted by Crippen LogP contribution is 2.35. The summed E-state index contributed by atoms with van der Waals surface area (Å²) in [4.78, 5) is 0. The minimum atomic E-state index is -0.150. The Bertz CT molecular complexity index is 610. The van der Waals surface area contributed by atoms with Crippen LogP contribution < -0.4 is 4.74 Å². The molecule has 0 saturated carbocycles. The first-order valence-electron chi connectivity index (χ1n) is 6.66. The van der Waals surface area contributed by atoms with Gasteiger partial charge in [-0.1, -0.05) is 29.8 Å².